The van der Waals surface area contributed by atoms with Crippen molar-refractivity contribution in [3.63, 3.8) is 0 Å². The third kappa shape index (κ3) is 2.31. The molecule has 0 atom stereocenters. The number of allylic oxidation sites excluding steroid dienone is 1. The number of hydrogen-bond acceptors (Lipinski definition) is 1. The molecule has 14 heavy (non-hydrogen) atoms. The van der Waals surface area contributed by atoms with Crippen molar-refractivity contribution in [2.45, 2.75) is 13.3 Å². The number of hydrogen-bond donors (Lipinski definition) is 0. The van der Waals surface area contributed by atoms with Crippen LogP contribution in [0.4, 0.5) is 8.78 Å². The van der Waals surface area contributed by atoms with E-state index >= 15 is 0 Å². The van der Waals surface area contributed by atoms with Crippen LogP contribution in [0, 0.1) is 11.6 Å². The molecular formula is C11H12F2O. The van der Waals surface area contributed by atoms with Gasteiger partial charge in [-0.15, -0.1) is 0 Å². The molecule has 1 nitrogen and oxygen atoms in total. The summed E-state index contributed by atoms with van der Waals surface area (Å²) in [6.45, 7) is 5.53. The Morgan fingerprint density at radius 3 is 2.43 bits per heavy atom. The predicted octanol–water partition coefficient (Wildman–Crippen LogP) is 3.09. The summed E-state index contributed by atoms with van der Waals surface area (Å²) in [5, 5.41) is 0. The number of rotatable bonds is 3. The molecule has 0 spiro atoms. The largest absolute Gasteiger partial charge is 0.496 e. The van der Waals surface area contributed by atoms with Crippen LogP contribution in [-0.4, -0.2) is 7.11 Å². The van der Waals surface area contributed by atoms with E-state index in [2.05, 4.69) is 6.58 Å². The van der Waals surface area contributed by atoms with Crippen molar-refractivity contribution in [1.29, 1.82) is 0 Å². The molecule has 1 rings (SSSR count). The second-order valence-corrected chi connectivity index (χ2v) is 3.21. The average molecular weight is 198 g/mol. The Morgan fingerprint density at radius 2 is 1.93 bits per heavy atom. The molecule has 0 saturated heterocycles. The fraction of sp³-hybridized carbons (Fsp3) is 0.273. The first-order valence-corrected chi connectivity index (χ1v) is 4.21. The van der Waals surface area contributed by atoms with Gasteiger partial charge in [0.2, 0.25) is 0 Å². The molecule has 76 valence electrons. The highest BCUT2D eigenvalue weighted by Crippen LogP contribution is 2.24. The molecule has 0 aromatic heterocycles. The van der Waals surface area contributed by atoms with E-state index in [-0.39, 0.29) is 0 Å². The van der Waals surface area contributed by atoms with Crippen LogP contribution in [0.15, 0.2) is 24.3 Å². The molecule has 0 aliphatic heterocycles. The Bertz CT molecular complexity index is 359. The van der Waals surface area contributed by atoms with Crippen molar-refractivity contribution in [1.82, 2.24) is 0 Å². The van der Waals surface area contributed by atoms with Crippen molar-refractivity contribution in [2.24, 2.45) is 0 Å². The summed E-state index contributed by atoms with van der Waals surface area (Å²) in [5.74, 6) is -1.40. The second-order valence-electron chi connectivity index (χ2n) is 3.21. The normalized spacial score (nSPS) is 10.0. The maximum Gasteiger partial charge on any atom is 0.162 e. The quantitative estimate of drug-likeness (QED) is 0.678. The van der Waals surface area contributed by atoms with Gasteiger partial charge in [-0.25, -0.2) is 8.78 Å². The fourth-order valence-electron chi connectivity index (χ4n) is 1.22. The summed E-state index contributed by atoms with van der Waals surface area (Å²) in [4.78, 5) is 0. The van der Waals surface area contributed by atoms with Gasteiger partial charge in [-0.2, -0.15) is 0 Å². The van der Waals surface area contributed by atoms with E-state index in [0.29, 0.717) is 17.7 Å². The maximum absolute atomic E-state index is 12.9. The highest BCUT2D eigenvalue weighted by Gasteiger charge is 2.09. The first-order valence-electron chi connectivity index (χ1n) is 4.21. The van der Waals surface area contributed by atoms with E-state index in [0.717, 1.165) is 17.7 Å². The minimum atomic E-state index is -0.896. The highest BCUT2D eigenvalue weighted by molar-refractivity contribution is 5.37. The van der Waals surface area contributed by atoms with E-state index in [4.69, 9.17) is 4.74 Å². The molecule has 0 amide bonds. The third-order valence-corrected chi connectivity index (χ3v) is 1.82. The Labute approximate surface area is 82.0 Å². The lowest BCUT2D eigenvalue weighted by atomic mass is 10.1. The Kier molecular flexibility index (Phi) is 3.23. The molecule has 0 fully saturated rings. The summed E-state index contributed by atoms with van der Waals surface area (Å²) in [6, 6.07) is 2.19. The predicted molar refractivity (Wildman–Crippen MR) is 51.4 cm³/mol. The number of halogens is 2. The maximum atomic E-state index is 12.9. The standard InChI is InChI=1S/C11H12F2O/c1-7(2)4-8-5-9(12)10(13)6-11(8)14-3/h5-6H,1,4H2,2-3H3. The van der Waals surface area contributed by atoms with Gasteiger partial charge in [-0.05, 0) is 19.4 Å². The van der Waals surface area contributed by atoms with Crippen LogP contribution in [0.1, 0.15) is 12.5 Å². The smallest absolute Gasteiger partial charge is 0.162 e. The van der Waals surface area contributed by atoms with Gasteiger partial charge in [0, 0.05) is 11.6 Å². The molecule has 0 radical (unpaired) electrons. The summed E-state index contributed by atoms with van der Waals surface area (Å²) in [7, 11) is 1.43. The van der Waals surface area contributed by atoms with Crippen molar-refractivity contribution in [3.05, 3.63) is 41.5 Å². The number of methoxy groups -OCH3 is 1. The lowest BCUT2D eigenvalue weighted by Gasteiger charge is -2.08. The van der Waals surface area contributed by atoms with Gasteiger partial charge in [0.15, 0.2) is 11.6 Å². The molecule has 0 N–H and O–H groups in total. The van der Waals surface area contributed by atoms with E-state index < -0.39 is 11.6 Å². The van der Waals surface area contributed by atoms with E-state index in [9.17, 15) is 8.78 Å². The lowest BCUT2D eigenvalue weighted by molar-refractivity contribution is 0.401. The SMILES string of the molecule is C=C(C)Cc1cc(F)c(F)cc1OC. The number of ether oxygens (including phenoxy) is 1. The van der Waals surface area contributed by atoms with Crippen LogP contribution in [-0.2, 0) is 6.42 Å². The third-order valence-electron chi connectivity index (χ3n) is 1.82. The second kappa shape index (κ2) is 4.22. The van der Waals surface area contributed by atoms with Gasteiger partial charge in [0.25, 0.3) is 0 Å². The first-order chi connectivity index (χ1) is 6.54. The monoisotopic (exact) mass is 198 g/mol. The Hall–Kier alpha value is -1.38. The lowest BCUT2D eigenvalue weighted by Crippen LogP contribution is -1.96. The molecule has 0 bridgehead atoms. The summed E-state index contributed by atoms with van der Waals surface area (Å²) in [5.41, 5.74) is 1.48. The molecule has 0 heterocycles. The minimum Gasteiger partial charge on any atom is -0.496 e. The van der Waals surface area contributed by atoms with Crippen LogP contribution in [0.25, 0.3) is 0 Å². The minimum absolute atomic E-state index is 0.354. The van der Waals surface area contributed by atoms with Gasteiger partial charge in [0.1, 0.15) is 5.75 Å². The van der Waals surface area contributed by atoms with Crippen molar-refractivity contribution < 1.29 is 13.5 Å². The first kappa shape index (κ1) is 10.7. The summed E-state index contributed by atoms with van der Waals surface area (Å²) in [6.07, 6.45) is 0.486. The van der Waals surface area contributed by atoms with Gasteiger partial charge in [-0.3, -0.25) is 0 Å². The Morgan fingerprint density at radius 1 is 1.36 bits per heavy atom. The Balaban J connectivity index is 3.13. The summed E-state index contributed by atoms with van der Waals surface area (Å²) < 4.78 is 30.6. The van der Waals surface area contributed by atoms with Crippen molar-refractivity contribution in [3.8, 4) is 5.75 Å². The highest BCUT2D eigenvalue weighted by atomic mass is 19.2. The molecule has 0 aliphatic rings. The van der Waals surface area contributed by atoms with Crippen molar-refractivity contribution >= 4 is 0 Å². The molecule has 1 aromatic carbocycles. The van der Waals surface area contributed by atoms with Crippen LogP contribution in [0.2, 0.25) is 0 Å². The summed E-state index contributed by atoms with van der Waals surface area (Å²) >= 11 is 0. The molecule has 0 unspecified atom stereocenters. The van der Waals surface area contributed by atoms with Gasteiger partial charge < -0.3 is 4.74 Å². The van der Waals surface area contributed by atoms with Crippen LogP contribution in [0.3, 0.4) is 0 Å². The van der Waals surface area contributed by atoms with Gasteiger partial charge in [-0.1, -0.05) is 12.2 Å². The van der Waals surface area contributed by atoms with Crippen molar-refractivity contribution in [2.75, 3.05) is 7.11 Å². The fourth-order valence-corrected chi connectivity index (χ4v) is 1.22. The molecule has 3 heteroatoms. The zero-order chi connectivity index (χ0) is 10.7. The van der Waals surface area contributed by atoms with E-state index in [1.54, 1.807) is 0 Å². The van der Waals surface area contributed by atoms with Crippen LogP contribution in [0.5, 0.6) is 5.75 Å². The van der Waals surface area contributed by atoms with E-state index in [1.165, 1.54) is 7.11 Å². The molecule has 0 saturated carbocycles. The molecule has 1 aromatic rings. The number of benzene rings is 1. The topological polar surface area (TPSA) is 9.23 Å². The van der Waals surface area contributed by atoms with Crippen LogP contribution >= 0.6 is 0 Å². The average Bonchev–Trinajstić information content (AvgIpc) is 2.10. The van der Waals surface area contributed by atoms with Gasteiger partial charge >= 0.3 is 0 Å². The zero-order valence-electron chi connectivity index (χ0n) is 8.23. The molecule has 0 aliphatic carbocycles. The zero-order valence-corrected chi connectivity index (χ0v) is 8.23. The van der Waals surface area contributed by atoms with Gasteiger partial charge in [0.05, 0.1) is 7.11 Å². The molecular weight excluding hydrogens is 186 g/mol. The van der Waals surface area contributed by atoms with E-state index in [1.807, 2.05) is 6.92 Å². The van der Waals surface area contributed by atoms with Crippen LogP contribution < -0.4 is 4.74 Å².